The number of nitriles is 1. The monoisotopic (exact) mass is 494 g/mol. The van der Waals surface area contributed by atoms with Gasteiger partial charge in [-0.2, -0.15) is 5.26 Å². The van der Waals surface area contributed by atoms with Crippen LogP contribution in [0, 0.1) is 11.3 Å². The fourth-order valence-corrected chi connectivity index (χ4v) is 3.88. The number of carbonyl (C=O) groups is 1. The van der Waals surface area contributed by atoms with Crippen molar-refractivity contribution in [1.82, 2.24) is 10.3 Å². The maximum absolute atomic E-state index is 12.0. The van der Waals surface area contributed by atoms with Gasteiger partial charge in [-0.1, -0.05) is 11.6 Å². The summed E-state index contributed by atoms with van der Waals surface area (Å²) in [5.74, 6) is 2.48. The fraction of sp³-hybridized carbons (Fsp3) is 0.320. The summed E-state index contributed by atoms with van der Waals surface area (Å²) in [5.41, 5.74) is 1.10. The number of aromatic nitrogens is 1. The molecule has 9 nitrogen and oxygen atoms in total. The summed E-state index contributed by atoms with van der Waals surface area (Å²) in [6, 6.07) is 10.6. The molecule has 5 rings (SSSR count). The second-order valence-electron chi connectivity index (χ2n) is 8.16. The molecule has 2 amide bonds. The van der Waals surface area contributed by atoms with Crippen LogP contribution in [-0.2, 0) is 0 Å². The zero-order valence-corrected chi connectivity index (χ0v) is 19.6. The van der Waals surface area contributed by atoms with Crippen molar-refractivity contribution in [2.24, 2.45) is 0 Å². The second kappa shape index (κ2) is 10.2. The minimum absolute atomic E-state index is 0.247. The molecule has 1 fully saturated rings. The van der Waals surface area contributed by atoms with E-state index in [1.54, 1.807) is 36.5 Å². The van der Waals surface area contributed by atoms with Gasteiger partial charge in [-0.05, 0) is 37.5 Å². The van der Waals surface area contributed by atoms with Gasteiger partial charge in [0.2, 0.25) is 5.75 Å². The van der Waals surface area contributed by atoms with Crippen LogP contribution in [0.5, 0.6) is 28.7 Å². The first-order chi connectivity index (χ1) is 17.1. The summed E-state index contributed by atoms with van der Waals surface area (Å²) < 4.78 is 23.8. The zero-order valence-electron chi connectivity index (χ0n) is 18.8. The Kier molecular flexibility index (Phi) is 6.64. The first-order valence-corrected chi connectivity index (χ1v) is 11.8. The molecule has 0 radical (unpaired) electrons. The Bertz CT molecular complexity index is 1310. The van der Waals surface area contributed by atoms with E-state index in [9.17, 15) is 4.79 Å². The lowest BCUT2D eigenvalue weighted by atomic mass is 10.1. The highest BCUT2D eigenvalue weighted by molar-refractivity contribution is 6.33. The molecule has 1 aliphatic carbocycles. The number of ether oxygens (including phenoxy) is 4. The molecule has 0 bridgehead atoms. The predicted octanol–water partition coefficient (Wildman–Crippen LogP) is 5.42. The Hall–Kier alpha value is -3.90. The third-order valence-corrected chi connectivity index (χ3v) is 5.78. The predicted molar refractivity (Wildman–Crippen MR) is 130 cm³/mol. The van der Waals surface area contributed by atoms with E-state index in [1.807, 2.05) is 0 Å². The lowest BCUT2D eigenvalue weighted by molar-refractivity contribution is 0.164. The van der Waals surface area contributed by atoms with Crippen molar-refractivity contribution in [2.75, 3.05) is 25.1 Å². The number of fused-ring (bicyclic) bond motifs is 3. The van der Waals surface area contributed by atoms with Gasteiger partial charge < -0.3 is 29.6 Å². The lowest BCUT2D eigenvalue weighted by Crippen LogP contribution is -2.30. The lowest BCUT2D eigenvalue weighted by Gasteiger charge is -2.23. The quantitative estimate of drug-likeness (QED) is 0.402. The number of anilines is 1. The number of pyridine rings is 1. The van der Waals surface area contributed by atoms with Crippen LogP contribution in [0.3, 0.4) is 0 Å². The third-order valence-electron chi connectivity index (χ3n) is 5.46. The highest BCUT2D eigenvalue weighted by Crippen LogP contribution is 2.48. The smallest absolute Gasteiger partial charge is 0.319 e. The molecule has 10 heteroatoms. The number of halogens is 1. The van der Waals surface area contributed by atoms with Gasteiger partial charge in [-0.15, -0.1) is 0 Å². The molecule has 1 aliphatic heterocycles. The molecule has 0 atom stereocenters. The number of hydrogen-bond acceptors (Lipinski definition) is 7. The number of benzene rings is 2. The van der Waals surface area contributed by atoms with E-state index in [0.29, 0.717) is 83.0 Å². The standard InChI is InChI=1S/C25H23ClN4O5/c26-17-13-16(5-6-18(17)30-25(31)29-15-3-4-15)35-20-7-9-28-19-14-21(32-10-2-1-8-27)23-24(22(19)20)34-12-11-33-23/h5-7,9,13-15H,1-4,10-12H2,(H2,29,30,31). The SMILES string of the molecule is N#CCCCOc1cc2nccc(Oc3ccc(NC(=O)NC4CC4)c(Cl)c3)c2c2c1OCCO2. The van der Waals surface area contributed by atoms with E-state index < -0.39 is 0 Å². The number of hydrogen-bond donors (Lipinski definition) is 2. The Labute approximate surface area is 206 Å². The first-order valence-electron chi connectivity index (χ1n) is 11.4. The van der Waals surface area contributed by atoms with Gasteiger partial charge in [0.15, 0.2) is 11.5 Å². The topological polar surface area (TPSA) is 115 Å². The number of urea groups is 1. The van der Waals surface area contributed by atoms with Crippen molar-refractivity contribution >= 4 is 34.2 Å². The van der Waals surface area contributed by atoms with Crippen molar-refractivity contribution in [3.63, 3.8) is 0 Å². The minimum Gasteiger partial charge on any atom is -0.489 e. The summed E-state index contributed by atoms with van der Waals surface area (Å²) in [7, 11) is 0. The normalized spacial score (nSPS) is 14.2. The highest BCUT2D eigenvalue weighted by Gasteiger charge is 2.25. The van der Waals surface area contributed by atoms with E-state index in [4.69, 9.17) is 35.8 Å². The molecule has 3 aromatic rings. The number of amides is 2. The molecule has 1 saturated carbocycles. The Morgan fingerprint density at radius 3 is 2.77 bits per heavy atom. The Morgan fingerprint density at radius 1 is 1.17 bits per heavy atom. The van der Waals surface area contributed by atoms with Crippen molar-refractivity contribution in [3.8, 4) is 34.8 Å². The molecular formula is C25H23ClN4O5. The van der Waals surface area contributed by atoms with Gasteiger partial charge in [0.1, 0.15) is 24.7 Å². The van der Waals surface area contributed by atoms with Crippen LogP contribution in [-0.4, -0.2) is 36.9 Å². The van der Waals surface area contributed by atoms with Crippen LogP contribution < -0.4 is 29.6 Å². The summed E-state index contributed by atoms with van der Waals surface area (Å²) in [6.45, 7) is 1.15. The van der Waals surface area contributed by atoms with Gasteiger partial charge in [0.05, 0.1) is 34.3 Å². The fourth-order valence-electron chi connectivity index (χ4n) is 3.66. The molecule has 35 heavy (non-hydrogen) atoms. The van der Waals surface area contributed by atoms with Crippen molar-refractivity contribution in [1.29, 1.82) is 5.26 Å². The van der Waals surface area contributed by atoms with E-state index in [0.717, 1.165) is 12.8 Å². The first kappa shape index (κ1) is 22.9. The van der Waals surface area contributed by atoms with Crippen LogP contribution in [0.15, 0.2) is 36.5 Å². The zero-order chi connectivity index (χ0) is 24.2. The van der Waals surface area contributed by atoms with Gasteiger partial charge in [0.25, 0.3) is 0 Å². The number of nitrogens with zero attached hydrogens (tertiary/aromatic N) is 2. The maximum Gasteiger partial charge on any atom is 0.319 e. The van der Waals surface area contributed by atoms with Crippen LogP contribution in [0.25, 0.3) is 10.9 Å². The van der Waals surface area contributed by atoms with Gasteiger partial charge in [-0.25, -0.2) is 4.79 Å². The van der Waals surface area contributed by atoms with Crippen molar-refractivity contribution in [3.05, 3.63) is 41.6 Å². The maximum atomic E-state index is 12.0. The molecule has 180 valence electrons. The summed E-state index contributed by atoms with van der Waals surface area (Å²) in [5, 5.41) is 15.4. The summed E-state index contributed by atoms with van der Waals surface area (Å²) in [6.07, 6.45) is 4.65. The van der Waals surface area contributed by atoms with Crippen LogP contribution in [0.2, 0.25) is 5.02 Å². The number of unbranched alkanes of at least 4 members (excludes halogenated alkanes) is 1. The molecule has 2 aliphatic rings. The largest absolute Gasteiger partial charge is 0.489 e. The van der Waals surface area contributed by atoms with Gasteiger partial charge in [-0.3, -0.25) is 4.98 Å². The average molecular weight is 495 g/mol. The van der Waals surface area contributed by atoms with Crippen LogP contribution >= 0.6 is 11.6 Å². The molecule has 2 aromatic carbocycles. The number of carbonyl (C=O) groups excluding carboxylic acids is 1. The highest BCUT2D eigenvalue weighted by atomic mass is 35.5. The Balaban J connectivity index is 1.41. The van der Waals surface area contributed by atoms with Crippen LogP contribution in [0.4, 0.5) is 10.5 Å². The molecule has 2 heterocycles. The molecule has 2 N–H and O–H groups in total. The molecule has 1 aromatic heterocycles. The average Bonchev–Trinajstić information content (AvgIpc) is 3.67. The third kappa shape index (κ3) is 5.28. The molecule has 0 saturated heterocycles. The number of nitrogens with one attached hydrogen (secondary N) is 2. The second-order valence-corrected chi connectivity index (χ2v) is 8.57. The van der Waals surface area contributed by atoms with Crippen LogP contribution in [0.1, 0.15) is 25.7 Å². The summed E-state index contributed by atoms with van der Waals surface area (Å²) in [4.78, 5) is 16.5. The van der Waals surface area contributed by atoms with E-state index >= 15 is 0 Å². The Morgan fingerprint density at radius 2 is 2.00 bits per heavy atom. The van der Waals surface area contributed by atoms with E-state index in [-0.39, 0.29) is 12.1 Å². The van der Waals surface area contributed by atoms with Gasteiger partial charge in [0, 0.05) is 30.8 Å². The van der Waals surface area contributed by atoms with E-state index in [2.05, 4.69) is 21.7 Å². The molecule has 0 unspecified atom stereocenters. The van der Waals surface area contributed by atoms with E-state index in [1.165, 1.54) is 0 Å². The molecule has 0 spiro atoms. The van der Waals surface area contributed by atoms with Gasteiger partial charge >= 0.3 is 6.03 Å². The molecular weight excluding hydrogens is 472 g/mol. The van der Waals surface area contributed by atoms with Crippen molar-refractivity contribution in [2.45, 2.75) is 31.7 Å². The van der Waals surface area contributed by atoms with Crippen molar-refractivity contribution < 1.29 is 23.7 Å². The number of rotatable bonds is 8. The minimum atomic E-state index is -0.280. The summed E-state index contributed by atoms with van der Waals surface area (Å²) >= 11 is 6.40.